The number of rotatable bonds is 8. The Labute approximate surface area is 538 Å². The van der Waals surface area contributed by atoms with Crippen molar-refractivity contribution in [2.45, 2.75) is 190 Å². The van der Waals surface area contributed by atoms with Gasteiger partial charge in [0.05, 0.1) is 0 Å². The van der Waals surface area contributed by atoms with Gasteiger partial charge in [-0.15, -0.1) is 0 Å². The number of aryl methyl sites for hydroxylation is 6. The lowest BCUT2D eigenvalue weighted by Crippen LogP contribution is -2.18. The Hall–Kier alpha value is -7.04. The molecule has 8 aromatic carbocycles. The molecular weight excluding hydrogens is 1060 g/mol. The van der Waals surface area contributed by atoms with Gasteiger partial charge < -0.3 is 19.6 Å². The second-order valence-electron chi connectivity index (χ2n) is 24.0. The Morgan fingerprint density at radius 3 is 0.830 bits per heavy atom. The Kier molecular flexibility index (Phi) is 26.0. The molecule has 4 heterocycles. The molecule has 0 aromatic heterocycles. The summed E-state index contributed by atoms with van der Waals surface area (Å²) in [5, 5.41) is 0. The minimum Gasteiger partial charge on any atom is -0.371 e. The number of hydrogen-bond acceptors (Lipinski definition) is 4. The third kappa shape index (κ3) is 14.3. The van der Waals surface area contributed by atoms with E-state index in [4.69, 9.17) is 0 Å². The van der Waals surface area contributed by atoms with Crippen LogP contribution in [0.5, 0.6) is 0 Å². The van der Waals surface area contributed by atoms with Crippen molar-refractivity contribution < 1.29 is 0 Å². The molecule has 0 unspecified atom stereocenters. The zero-order valence-electron chi connectivity index (χ0n) is 48.6. The van der Waals surface area contributed by atoms with E-state index in [1.165, 1.54) is 218 Å². The van der Waals surface area contributed by atoms with Crippen molar-refractivity contribution in [2.75, 3.05) is 72.0 Å². The Bertz CT molecular complexity index is 3330. The highest BCUT2D eigenvalue weighted by atomic mass is 15.2. The average molecular weight is 1180 g/mol. The minimum atomic E-state index is 0. The number of likely N-dealkylation sites (N-methyl/N-ethyl adjacent to an activating group) is 4. The minimum absolute atomic E-state index is 0. The summed E-state index contributed by atoms with van der Waals surface area (Å²) in [6.45, 7) is 18.2. The van der Waals surface area contributed by atoms with Gasteiger partial charge in [-0.25, -0.2) is 0 Å². The van der Waals surface area contributed by atoms with E-state index in [0.29, 0.717) is 0 Å². The predicted octanol–water partition coefficient (Wildman–Crippen LogP) is 22.0. The zero-order chi connectivity index (χ0) is 54.1. The SMILES string of the molecule is C.C.C.C.C.C.C.C.CCN1CCc2cc(-c3ccc4c(c3)CCC4)ccc21.CCN1CCc2cc(-c3ccc4c(c3)CCC4)ccc21.CCN1CCc2cc(-c3cccc4c3CCC4)ccc21.CCN1CCc2cc(-c3cccc4c3CCC4)ccc21. The molecule has 4 heteroatoms. The summed E-state index contributed by atoms with van der Waals surface area (Å²) in [7, 11) is 0. The van der Waals surface area contributed by atoms with Gasteiger partial charge in [-0.05, 0) is 290 Å². The van der Waals surface area contributed by atoms with Crippen LogP contribution >= 0.6 is 0 Å². The van der Waals surface area contributed by atoms with Crippen LogP contribution in [0, 0.1) is 0 Å². The van der Waals surface area contributed by atoms with Crippen LogP contribution in [-0.2, 0) is 77.0 Å². The van der Waals surface area contributed by atoms with Crippen LogP contribution in [0.2, 0.25) is 0 Å². The number of anilines is 4. The smallest absolute Gasteiger partial charge is 0.0399 e. The molecule has 4 aliphatic carbocycles. The first-order valence-electron chi connectivity index (χ1n) is 31.4. The summed E-state index contributed by atoms with van der Waals surface area (Å²) >= 11 is 0. The highest BCUT2D eigenvalue weighted by Crippen LogP contribution is 2.40. The molecule has 0 amide bonds. The van der Waals surface area contributed by atoms with E-state index in [-0.39, 0.29) is 59.4 Å². The molecule has 8 aromatic rings. The molecule has 4 nitrogen and oxygen atoms in total. The number of benzene rings is 8. The predicted molar refractivity (Wildman–Crippen MR) is 396 cm³/mol. The van der Waals surface area contributed by atoms with Gasteiger partial charge in [0.15, 0.2) is 0 Å². The fourth-order valence-corrected chi connectivity index (χ4v) is 15.2. The fraction of sp³-hybridized carbons (Fsp3) is 0.429. The van der Waals surface area contributed by atoms with Gasteiger partial charge in [-0.3, -0.25) is 0 Å². The monoisotopic (exact) mass is 1180 g/mol. The van der Waals surface area contributed by atoms with Crippen molar-refractivity contribution in [1.29, 1.82) is 0 Å². The maximum atomic E-state index is 2.48. The molecule has 0 saturated carbocycles. The molecule has 88 heavy (non-hydrogen) atoms. The van der Waals surface area contributed by atoms with E-state index >= 15 is 0 Å². The van der Waals surface area contributed by atoms with Crippen LogP contribution < -0.4 is 19.6 Å². The molecule has 472 valence electrons. The highest BCUT2D eigenvalue weighted by Gasteiger charge is 2.24. The van der Waals surface area contributed by atoms with Crippen LogP contribution in [0.25, 0.3) is 44.5 Å². The molecule has 0 atom stereocenters. The summed E-state index contributed by atoms with van der Waals surface area (Å²) in [6, 6.07) is 56.0. The Morgan fingerprint density at radius 1 is 0.239 bits per heavy atom. The van der Waals surface area contributed by atoms with Crippen molar-refractivity contribution in [3.63, 3.8) is 0 Å². The zero-order valence-corrected chi connectivity index (χ0v) is 48.6. The van der Waals surface area contributed by atoms with Gasteiger partial charge in [0.25, 0.3) is 0 Å². The van der Waals surface area contributed by atoms with Crippen molar-refractivity contribution in [3.05, 3.63) is 212 Å². The lowest BCUT2D eigenvalue weighted by molar-refractivity contribution is 0.868. The lowest BCUT2D eigenvalue weighted by atomic mass is 9.95. The fourth-order valence-electron chi connectivity index (χ4n) is 15.2. The van der Waals surface area contributed by atoms with Crippen LogP contribution in [0.4, 0.5) is 22.7 Å². The number of nitrogens with zero attached hydrogens (tertiary/aromatic N) is 4. The van der Waals surface area contributed by atoms with Gasteiger partial charge in [0, 0.05) is 75.1 Å². The first-order chi connectivity index (χ1) is 39.4. The summed E-state index contributed by atoms with van der Waals surface area (Å²) in [6.07, 6.45) is 20.2. The second-order valence-corrected chi connectivity index (χ2v) is 24.0. The molecule has 0 N–H and O–H groups in total. The molecule has 0 fully saturated rings. The molecule has 4 aliphatic heterocycles. The summed E-state index contributed by atoms with van der Waals surface area (Å²) < 4.78 is 0. The van der Waals surface area contributed by atoms with Gasteiger partial charge in [-0.2, -0.15) is 0 Å². The van der Waals surface area contributed by atoms with E-state index in [2.05, 4.69) is 193 Å². The third-order valence-electron chi connectivity index (χ3n) is 19.6. The number of fused-ring (bicyclic) bond motifs is 8. The maximum Gasteiger partial charge on any atom is 0.0399 e. The molecule has 8 aliphatic rings. The van der Waals surface area contributed by atoms with Crippen LogP contribution in [-0.4, -0.2) is 52.4 Å². The maximum absolute atomic E-state index is 2.48. The highest BCUT2D eigenvalue weighted by molar-refractivity contribution is 5.77. The standard InChI is InChI=1S/4C19H21N.8CH4/c2*1-2-20-12-11-16-13-15(9-10-19(16)20)18-8-4-6-14-5-3-7-17(14)18;2*1-2-20-11-10-18-13-17(8-9-19(18)20)16-7-6-14-4-3-5-15(14)12-16;;;;;;;;/h2*4,6,8-10,13H,2-3,5,7,11-12H2,1H3;2*6-9,12-13H,2-5,10-11H2,1H3;8*1H4. The molecule has 0 saturated heterocycles. The largest absolute Gasteiger partial charge is 0.371 e. The van der Waals surface area contributed by atoms with E-state index in [9.17, 15) is 0 Å². The number of hydrogen-bond donors (Lipinski definition) is 0. The van der Waals surface area contributed by atoms with Crippen LogP contribution in [0.1, 0.15) is 180 Å². The van der Waals surface area contributed by atoms with Crippen molar-refractivity contribution in [1.82, 2.24) is 0 Å². The molecule has 0 spiro atoms. The van der Waals surface area contributed by atoms with Crippen LogP contribution in [0.15, 0.2) is 146 Å². The van der Waals surface area contributed by atoms with E-state index in [0.717, 1.165) is 26.2 Å². The third-order valence-corrected chi connectivity index (χ3v) is 19.6. The first-order valence-corrected chi connectivity index (χ1v) is 31.4. The molecule has 0 bridgehead atoms. The summed E-state index contributed by atoms with van der Waals surface area (Å²) in [4.78, 5) is 9.91. The molecular formula is C84H116N4. The van der Waals surface area contributed by atoms with Crippen LogP contribution in [0.3, 0.4) is 0 Å². The van der Waals surface area contributed by atoms with E-state index in [1.54, 1.807) is 44.5 Å². The quantitative estimate of drug-likeness (QED) is 0.150. The normalized spacial score (nSPS) is 14.9. The lowest BCUT2D eigenvalue weighted by Gasteiger charge is -2.17. The topological polar surface area (TPSA) is 13.0 Å². The van der Waals surface area contributed by atoms with Gasteiger partial charge in [0.1, 0.15) is 0 Å². The van der Waals surface area contributed by atoms with E-state index in [1.807, 2.05) is 0 Å². The summed E-state index contributed by atoms with van der Waals surface area (Å²) in [5.74, 6) is 0. The van der Waals surface area contributed by atoms with Crippen molar-refractivity contribution >= 4 is 22.7 Å². The van der Waals surface area contributed by atoms with Crippen molar-refractivity contribution in [3.8, 4) is 44.5 Å². The summed E-state index contributed by atoms with van der Waals surface area (Å²) in [5.41, 5.74) is 35.8. The van der Waals surface area contributed by atoms with Gasteiger partial charge >= 0.3 is 0 Å². The van der Waals surface area contributed by atoms with Gasteiger partial charge in [0.2, 0.25) is 0 Å². The molecule has 0 radical (unpaired) electrons. The molecule has 16 rings (SSSR count). The average Bonchev–Trinajstić information content (AvgIpc) is 2.80. The second kappa shape index (κ2) is 31.9. The Balaban J connectivity index is 0.000000207. The first kappa shape index (κ1) is 71.7. The Morgan fingerprint density at radius 2 is 0.500 bits per heavy atom. The van der Waals surface area contributed by atoms with Crippen molar-refractivity contribution in [2.24, 2.45) is 0 Å². The van der Waals surface area contributed by atoms with E-state index < -0.39 is 0 Å². The van der Waals surface area contributed by atoms with Gasteiger partial charge in [-0.1, -0.05) is 156 Å².